The summed E-state index contributed by atoms with van der Waals surface area (Å²) in [6, 6.07) is 6.79. The minimum Gasteiger partial charge on any atom is -0.505 e. The topological polar surface area (TPSA) is 37.3 Å². The largest absolute Gasteiger partial charge is 0.505 e. The highest BCUT2D eigenvalue weighted by Gasteiger charge is 1.91. The molecule has 0 unspecified atom stereocenters. The van der Waals surface area contributed by atoms with Crippen LogP contribution in [0.4, 0.5) is 0 Å². The molecule has 2 nitrogen and oxygen atoms in total. The molecule has 1 rings (SSSR count). The summed E-state index contributed by atoms with van der Waals surface area (Å²) in [5.41, 5.74) is 0.740. The van der Waals surface area contributed by atoms with Gasteiger partial charge in [-0.1, -0.05) is 23.7 Å². The van der Waals surface area contributed by atoms with Crippen molar-refractivity contribution in [3.05, 3.63) is 40.6 Å². The fourth-order valence-corrected chi connectivity index (χ4v) is 0.890. The Morgan fingerprint density at radius 1 is 1.33 bits per heavy atom. The van der Waals surface area contributed by atoms with Gasteiger partial charge in [0, 0.05) is 5.02 Å². The first-order chi connectivity index (χ1) is 5.72. The molecule has 12 heavy (non-hydrogen) atoms. The maximum atomic E-state index is 10.0. The number of carbonyl (C=O) groups excluding carboxylic acids is 1. The van der Waals surface area contributed by atoms with E-state index in [2.05, 4.69) is 0 Å². The molecule has 62 valence electrons. The average Bonchev–Trinajstić information content (AvgIpc) is 2.09. The van der Waals surface area contributed by atoms with Crippen LogP contribution in [0.5, 0.6) is 0 Å². The van der Waals surface area contributed by atoms with Crippen LogP contribution >= 0.6 is 11.6 Å². The van der Waals surface area contributed by atoms with Gasteiger partial charge in [-0.25, -0.2) is 0 Å². The van der Waals surface area contributed by atoms with E-state index in [0.717, 1.165) is 5.56 Å². The van der Waals surface area contributed by atoms with Gasteiger partial charge in [0.1, 0.15) is 0 Å². The van der Waals surface area contributed by atoms with Crippen LogP contribution in [0.3, 0.4) is 0 Å². The van der Waals surface area contributed by atoms with Crippen molar-refractivity contribution in [3.63, 3.8) is 0 Å². The lowest BCUT2D eigenvalue weighted by atomic mass is 10.2. The molecule has 3 heteroatoms. The Morgan fingerprint density at radius 2 is 1.92 bits per heavy atom. The Labute approximate surface area is 75.1 Å². The summed E-state index contributed by atoms with van der Waals surface area (Å²) in [5, 5.41) is 9.46. The molecule has 0 fully saturated rings. The molecule has 0 aliphatic carbocycles. The van der Waals surface area contributed by atoms with E-state index in [9.17, 15) is 4.79 Å². The SMILES string of the molecule is O=C/C(O)=C/c1ccc(Cl)cc1. The van der Waals surface area contributed by atoms with Gasteiger partial charge in [0.2, 0.25) is 0 Å². The first kappa shape index (κ1) is 8.81. The highest BCUT2D eigenvalue weighted by atomic mass is 35.5. The van der Waals surface area contributed by atoms with Crippen LogP contribution < -0.4 is 0 Å². The van der Waals surface area contributed by atoms with Crippen molar-refractivity contribution >= 4 is 24.0 Å². The lowest BCUT2D eigenvalue weighted by molar-refractivity contribution is -0.106. The summed E-state index contributed by atoms with van der Waals surface area (Å²) in [6.45, 7) is 0. The fourth-order valence-electron chi connectivity index (χ4n) is 0.764. The van der Waals surface area contributed by atoms with E-state index in [4.69, 9.17) is 16.7 Å². The molecule has 0 atom stereocenters. The van der Waals surface area contributed by atoms with Gasteiger partial charge in [0.15, 0.2) is 12.0 Å². The normalized spacial score (nSPS) is 11.2. The zero-order valence-corrected chi connectivity index (χ0v) is 6.95. The molecule has 1 aromatic rings. The zero-order chi connectivity index (χ0) is 8.97. The van der Waals surface area contributed by atoms with Crippen molar-refractivity contribution in [1.29, 1.82) is 0 Å². The second-order valence-corrected chi connectivity index (χ2v) is 2.68. The van der Waals surface area contributed by atoms with Gasteiger partial charge in [-0.3, -0.25) is 4.79 Å². The Kier molecular flexibility index (Phi) is 2.88. The van der Waals surface area contributed by atoms with E-state index in [0.29, 0.717) is 11.3 Å². The van der Waals surface area contributed by atoms with Gasteiger partial charge in [0.25, 0.3) is 0 Å². The summed E-state index contributed by atoms with van der Waals surface area (Å²) in [5.74, 6) is -0.294. The van der Waals surface area contributed by atoms with E-state index >= 15 is 0 Å². The van der Waals surface area contributed by atoms with Crippen molar-refractivity contribution in [3.8, 4) is 0 Å². The molecule has 1 aromatic carbocycles. The maximum absolute atomic E-state index is 10.0. The summed E-state index contributed by atoms with van der Waals surface area (Å²) >= 11 is 5.63. The molecule has 0 amide bonds. The number of hydrogen-bond donors (Lipinski definition) is 1. The first-order valence-corrected chi connectivity index (χ1v) is 3.71. The lowest BCUT2D eigenvalue weighted by Gasteiger charge is -1.92. The van der Waals surface area contributed by atoms with E-state index in [1.54, 1.807) is 24.3 Å². The van der Waals surface area contributed by atoms with Crippen LogP contribution in [-0.2, 0) is 4.79 Å². The van der Waals surface area contributed by atoms with Gasteiger partial charge >= 0.3 is 0 Å². The summed E-state index contributed by atoms with van der Waals surface area (Å²) in [4.78, 5) is 10.0. The molecule has 0 saturated carbocycles. The summed E-state index contributed by atoms with van der Waals surface area (Å²) in [7, 11) is 0. The molecule has 0 aliphatic heterocycles. The van der Waals surface area contributed by atoms with Gasteiger partial charge in [-0.2, -0.15) is 0 Å². The number of aliphatic hydroxyl groups is 1. The van der Waals surface area contributed by atoms with Crippen LogP contribution in [-0.4, -0.2) is 11.4 Å². The van der Waals surface area contributed by atoms with Crippen LogP contribution in [0.15, 0.2) is 30.0 Å². The Balaban J connectivity index is 2.91. The van der Waals surface area contributed by atoms with E-state index in [1.165, 1.54) is 6.08 Å². The van der Waals surface area contributed by atoms with Gasteiger partial charge in [0.05, 0.1) is 0 Å². The Hall–Kier alpha value is -1.28. The third-order valence-corrected chi connectivity index (χ3v) is 1.56. The van der Waals surface area contributed by atoms with E-state index in [-0.39, 0.29) is 5.76 Å². The molecule has 0 spiro atoms. The number of hydrogen-bond acceptors (Lipinski definition) is 2. The second-order valence-electron chi connectivity index (χ2n) is 2.24. The van der Waals surface area contributed by atoms with Crippen molar-refractivity contribution in [2.24, 2.45) is 0 Å². The fraction of sp³-hybridized carbons (Fsp3) is 0. The number of allylic oxidation sites excluding steroid dienone is 1. The first-order valence-electron chi connectivity index (χ1n) is 3.34. The second kappa shape index (κ2) is 3.93. The number of aliphatic hydroxyl groups excluding tert-OH is 1. The molecular formula is C9H7ClO2. The van der Waals surface area contributed by atoms with Crippen molar-refractivity contribution in [1.82, 2.24) is 0 Å². The quantitative estimate of drug-likeness (QED) is 0.433. The monoisotopic (exact) mass is 182 g/mol. The van der Waals surface area contributed by atoms with Gasteiger partial charge < -0.3 is 5.11 Å². The number of aldehydes is 1. The lowest BCUT2D eigenvalue weighted by Crippen LogP contribution is -1.80. The number of rotatable bonds is 2. The van der Waals surface area contributed by atoms with E-state index < -0.39 is 0 Å². The molecular weight excluding hydrogens is 176 g/mol. The molecule has 0 saturated heterocycles. The number of carbonyl (C=O) groups is 1. The van der Waals surface area contributed by atoms with Gasteiger partial charge in [-0.15, -0.1) is 0 Å². The molecule has 0 radical (unpaired) electrons. The maximum Gasteiger partial charge on any atom is 0.184 e. The average molecular weight is 183 g/mol. The Bertz CT molecular complexity index is 301. The predicted octanol–water partition coefficient (Wildman–Crippen LogP) is 2.44. The van der Waals surface area contributed by atoms with Crippen molar-refractivity contribution in [2.45, 2.75) is 0 Å². The van der Waals surface area contributed by atoms with Crippen molar-refractivity contribution < 1.29 is 9.90 Å². The predicted molar refractivity (Wildman–Crippen MR) is 48.1 cm³/mol. The number of halogens is 1. The smallest absolute Gasteiger partial charge is 0.184 e. The van der Waals surface area contributed by atoms with E-state index in [1.807, 2.05) is 0 Å². The minimum atomic E-state index is -0.294. The molecule has 0 bridgehead atoms. The van der Waals surface area contributed by atoms with Gasteiger partial charge in [-0.05, 0) is 23.8 Å². The van der Waals surface area contributed by atoms with Crippen LogP contribution in [0, 0.1) is 0 Å². The van der Waals surface area contributed by atoms with Crippen molar-refractivity contribution in [2.75, 3.05) is 0 Å². The highest BCUT2D eigenvalue weighted by molar-refractivity contribution is 6.30. The van der Waals surface area contributed by atoms with Crippen LogP contribution in [0.25, 0.3) is 6.08 Å². The van der Waals surface area contributed by atoms with Crippen LogP contribution in [0.2, 0.25) is 5.02 Å². The van der Waals surface area contributed by atoms with Crippen LogP contribution in [0.1, 0.15) is 5.56 Å². The number of benzene rings is 1. The zero-order valence-electron chi connectivity index (χ0n) is 6.20. The molecule has 0 heterocycles. The molecule has 0 aliphatic rings. The molecule has 1 N–H and O–H groups in total. The summed E-state index contributed by atoms with van der Waals surface area (Å²) in [6.07, 6.45) is 1.75. The minimum absolute atomic E-state index is 0.294. The molecule has 0 aromatic heterocycles. The standard InChI is InChI=1S/C9H7ClO2/c10-8-3-1-7(2-4-8)5-9(12)6-11/h1-6,12H/b9-5-. The third kappa shape index (κ3) is 2.40. The Morgan fingerprint density at radius 3 is 2.42 bits per heavy atom. The third-order valence-electron chi connectivity index (χ3n) is 1.31. The highest BCUT2D eigenvalue weighted by Crippen LogP contribution is 2.11. The summed E-state index contributed by atoms with van der Waals surface area (Å²) < 4.78 is 0.